The Morgan fingerprint density at radius 2 is 1.31 bits per heavy atom. The van der Waals surface area contributed by atoms with Crippen LogP contribution in [0.3, 0.4) is 0 Å². The van der Waals surface area contributed by atoms with E-state index in [1.165, 1.54) is 0 Å². The zero-order valence-corrected chi connectivity index (χ0v) is 13.9. The summed E-state index contributed by atoms with van der Waals surface area (Å²) in [7, 11) is 0. The fourth-order valence-electron chi connectivity index (χ4n) is 3.04. The molecule has 0 atom stereocenters. The molecule has 1 N–H and O–H groups in total. The van der Waals surface area contributed by atoms with E-state index in [9.17, 15) is 0 Å². The normalized spacial score (nSPS) is 11.7. The fourth-order valence-corrected chi connectivity index (χ4v) is 3.04. The number of nitrogens with zero attached hydrogens (tertiary/aromatic N) is 2. The van der Waals surface area contributed by atoms with Crippen molar-refractivity contribution in [1.82, 2.24) is 0 Å². The van der Waals surface area contributed by atoms with Gasteiger partial charge in [0.05, 0.1) is 12.4 Å². The lowest BCUT2D eigenvalue weighted by atomic mass is 10.0. The van der Waals surface area contributed by atoms with Crippen LogP contribution in [0.5, 0.6) is 5.75 Å². The smallest absolute Gasteiger partial charge is 0.174 e. The Balaban J connectivity index is 1.68. The first-order valence-electron chi connectivity index (χ1n) is 8.24. The van der Waals surface area contributed by atoms with Crippen LogP contribution in [0.4, 0.5) is 0 Å². The van der Waals surface area contributed by atoms with Gasteiger partial charge >= 0.3 is 0 Å². The van der Waals surface area contributed by atoms with E-state index in [1.807, 2.05) is 54.6 Å². The van der Waals surface area contributed by atoms with Gasteiger partial charge in [-0.05, 0) is 27.6 Å². The fraction of sp³-hybridized carbons (Fsp3) is 0. The summed E-state index contributed by atoms with van der Waals surface area (Å²) < 4.78 is 0. The lowest BCUT2D eigenvalue weighted by Crippen LogP contribution is -1.93. The average molecular weight is 340 g/mol. The van der Waals surface area contributed by atoms with Crippen molar-refractivity contribution in [3.8, 4) is 5.75 Å². The third-order valence-corrected chi connectivity index (χ3v) is 4.30. The molecule has 0 spiro atoms. The first-order valence-corrected chi connectivity index (χ1v) is 8.24. The minimum Gasteiger partial charge on any atom is -0.340 e. The lowest BCUT2D eigenvalue weighted by Gasteiger charge is -2.05. The van der Waals surface area contributed by atoms with Crippen molar-refractivity contribution in [2.75, 3.05) is 0 Å². The molecule has 26 heavy (non-hydrogen) atoms. The van der Waals surface area contributed by atoms with E-state index in [2.05, 4.69) is 33.3 Å². The van der Waals surface area contributed by atoms with Crippen molar-refractivity contribution in [2.24, 2.45) is 10.2 Å². The molecule has 0 aliphatic heterocycles. The summed E-state index contributed by atoms with van der Waals surface area (Å²) >= 11 is 0. The Morgan fingerprint density at radius 3 is 2.12 bits per heavy atom. The third kappa shape index (κ3) is 3.06. The van der Waals surface area contributed by atoms with Crippen molar-refractivity contribution in [3.05, 3.63) is 90.0 Å². The molecule has 0 aliphatic carbocycles. The highest BCUT2D eigenvalue weighted by Crippen LogP contribution is 2.26. The van der Waals surface area contributed by atoms with Gasteiger partial charge in [0.25, 0.3) is 0 Å². The SMILES string of the molecule is OOc1ccc2ccccc2c1C=NN=Cc1cccc2ccccc12. The maximum absolute atomic E-state index is 9.13. The number of hydrogen-bond donors (Lipinski definition) is 1. The van der Waals surface area contributed by atoms with E-state index in [0.717, 1.165) is 27.1 Å². The molecule has 0 saturated heterocycles. The summed E-state index contributed by atoms with van der Waals surface area (Å²) in [4.78, 5) is 4.48. The van der Waals surface area contributed by atoms with Crippen LogP contribution >= 0.6 is 0 Å². The average Bonchev–Trinajstić information content (AvgIpc) is 2.71. The highest BCUT2D eigenvalue weighted by molar-refractivity contribution is 6.03. The van der Waals surface area contributed by atoms with Gasteiger partial charge in [0, 0.05) is 11.1 Å². The van der Waals surface area contributed by atoms with Crippen LogP contribution in [-0.2, 0) is 0 Å². The Hall–Kier alpha value is -3.50. The number of fused-ring (bicyclic) bond motifs is 2. The van der Waals surface area contributed by atoms with Crippen molar-refractivity contribution >= 4 is 34.0 Å². The Labute approximate surface area is 150 Å². The van der Waals surface area contributed by atoms with Gasteiger partial charge in [0.1, 0.15) is 0 Å². The van der Waals surface area contributed by atoms with Crippen LogP contribution in [0.1, 0.15) is 11.1 Å². The predicted octanol–water partition coefficient (Wildman–Crippen LogP) is 5.30. The van der Waals surface area contributed by atoms with Crippen molar-refractivity contribution < 1.29 is 10.1 Å². The Morgan fingerprint density at radius 1 is 0.654 bits per heavy atom. The minimum atomic E-state index is 0.341. The summed E-state index contributed by atoms with van der Waals surface area (Å²) in [6, 6.07) is 25.6. The lowest BCUT2D eigenvalue weighted by molar-refractivity contribution is -0.137. The maximum atomic E-state index is 9.13. The van der Waals surface area contributed by atoms with E-state index >= 15 is 0 Å². The van der Waals surface area contributed by atoms with E-state index in [-0.39, 0.29) is 0 Å². The molecule has 4 aromatic rings. The molecular formula is C22H16N2O2. The summed E-state index contributed by atoms with van der Waals surface area (Å²) in [5.41, 5.74) is 1.68. The van der Waals surface area contributed by atoms with Gasteiger partial charge in [-0.15, -0.1) is 0 Å². The molecule has 0 fully saturated rings. The van der Waals surface area contributed by atoms with Gasteiger partial charge in [0.2, 0.25) is 0 Å². The topological polar surface area (TPSA) is 54.2 Å². The minimum absolute atomic E-state index is 0.341. The molecule has 0 unspecified atom stereocenters. The quantitative estimate of drug-likeness (QED) is 0.311. The molecule has 0 amide bonds. The molecule has 0 aliphatic rings. The number of rotatable bonds is 4. The molecule has 0 aromatic heterocycles. The first kappa shape index (κ1) is 16.0. The van der Waals surface area contributed by atoms with Crippen molar-refractivity contribution in [2.45, 2.75) is 0 Å². The monoisotopic (exact) mass is 340 g/mol. The van der Waals surface area contributed by atoms with Crippen LogP contribution in [0.15, 0.2) is 89.1 Å². The summed E-state index contributed by atoms with van der Waals surface area (Å²) in [6.07, 6.45) is 3.32. The zero-order valence-electron chi connectivity index (χ0n) is 13.9. The second-order valence-electron chi connectivity index (χ2n) is 5.85. The molecule has 4 heteroatoms. The molecule has 4 rings (SSSR count). The Kier molecular flexibility index (Phi) is 4.41. The molecule has 0 saturated carbocycles. The predicted molar refractivity (Wildman–Crippen MR) is 106 cm³/mol. The van der Waals surface area contributed by atoms with Crippen LogP contribution in [0.2, 0.25) is 0 Å². The second kappa shape index (κ2) is 7.17. The molecular weight excluding hydrogens is 324 g/mol. The maximum Gasteiger partial charge on any atom is 0.174 e. The summed E-state index contributed by atoms with van der Waals surface area (Å²) in [5.74, 6) is 0.341. The van der Waals surface area contributed by atoms with Crippen LogP contribution in [0.25, 0.3) is 21.5 Å². The van der Waals surface area contributed by atoms with Crippen LogP contribution in [-0.4, -0.2) is 17.7 Å². The van der Waals surface area contributed by atoms with Crippen molar-refractivity contribution in [3.63, 3.8) is 0 Å². The Bertz CT molecular complexity index is 1130. The van der Waals surface area contributed by atoms with Gasteiger partial charge < -0.3 is 4.89 Å². The zero-order chi connectivity index (χ0) is 17.8. The summed E-state index contributed by atoms with van der Waals surface area (Å²) in [5, 5.41) is 21.7. The highest BCUT2D eigenvalue weighted by atomic mass is 17.1. The molecule has 4 aromatic carbocycles. The molecule has 126 valence electrons. The standard InChI is InChI=1S/C22H16N2O2/c25-26-22-13-12-17-7-2-4-11-20(17)21(22)15-24-23-14-18-9-5-8-16-6-1-3-10-19(16)18/h1-15,25H. The second-order valence-corrected chi connectivity index (χ2v) is 5.85. The highest BCUT2D eigenvalue weighted by Gasteiger charge is 2.06. The third-order valence-electron chi connectivity index (χ3n) is 4.30. The van der Waals surface area contributed by atoms with E-state index in [1.54, 1.807) is 18.5 Å². The molecule has 0 heterocycles. The van der Waals surface area contributed by atoms with E-state index in [4.69, 9.17) is 5.26 Å². The van der Waals surface area contributed by atoms with E-state index in [0.29, 0.717) is 11.3 Å². The first-order chi connectivity index (χ1) is 12.9. The summed E-state index contributed by atoms with van der Waals surface area (Å²) in [6.45, 7) is 0. The van der Waals surface area contributed by atoms with Crippen molar-refractivity contribution in [1.29, 1.82) is 0 Å². The van der Waals surface area contributed by atoms with Gasteiger partial charge in [0.15, 0.2) is 5.75 Å². The van der Waals surface area contributed by atoms with Gasteiger partial charge in [-0.2, -0.15) is 10.2 Å². The van der Waals surface area contributed by atoms with Crippen LogP contribution in [0, 0.1) is 0 Å². The molecule has 0 radical (unpaired) electrons. The molecule has 0 bridgehead atoms. The number of hydrogen-bond acceptors (Lipinski definition) is 4. The molecule has 4 nitrogen and oxygen atoms in total. The van der Waals surface area contributed by atoms with Gasteiger partial charge in [-0.1, -0.05) is 72.8 Å². The van der Waals surface area contributed by atoms with Crippen LogP contribution < -0.4 is 4.89 Å². The number of benzene rings is 4. The largest absolute Gasteiger partial charge is 0.340 e. The van der Waals surface area contributed by atoms with Gasteiger partial charge in [-0.25, -0.2) is 5.26 Å². The van der Waals surface area contributed by atoms with Gasteiger partial charge in [-0.3, -0.25) is 0 Å². The van der Waals surface area contributed by atoms with E-state index < -0.39 is 0 Å².